The zero-order chi connectivity index (χ0) is 22.7. The number of aryl methyl sites for hydroxylation is 1. The van der Waals surface area contributed by atoms with E-state index in [0.29, 0.717) is 44.5 Å². The Hall–Kier alpha value is -3.07. The third-order valence-corrected chi connectivity index (χ3v) is 5.60. The van der Waals surface area contributed by atoms with Crippen LogP contribution in [0.5, 0.6) is 17.4 Å². The van der Waals surface area contributed by atoms with Gasteiger partial charge >= 0.3 is 12.2 Å². The van der Waals surface area contributed by atoms with Crippen LogP contribution in [-0.4, -0.2) is 65.0 Å². The highest BCUT2D eigenvalue weighted by Gasteiger charge is 2.30. The number of carbonyl (C=O) groups is 2. The molecule has 1 saturated heterocycles. The molecule has 2 amide bonds. The molecule has 10 heteroatoms. The molecular formula is C22H25ClN4O5. The number of benzene rings is 1. The number of ether oxygens (including phenoxy) is 3. The lowest BCUT2D eigenvalue weighted by Crippen LogP contribution is -2.51. The molecule has 2 aliphatic rings. The van der Waals surface area contributed by atoms with E-state index in [0.717, 1.165) is 24.0 Å². The maximum absolute atomic E-state index is 12.8. The van der Waals surface area contributed by atoms with E-state index in [9.17, 15) is 9.59 Å². The van der Waals surface area contributed by atoms with Gasteiger partial charge in [-0.25, -0.2) is 9.59 Å². The van der Waals surface area contributed by atoms with Gasteiger partial charge in [-0.1, -0.05) is 29.8 Å². The Bertz CT molecular complexity index is 1010. The van der Waals surface area contributed by atoms with Crippen molar-refractivity contribution in [1.82, 2.24) is 20.0 Å². The van der Waals surface area contributed by atoms with Crippen molar-refractivity contribution in [1.29, 1.82) is 0 Å². The fourth-order valence-electron chi connectivity index (χ4n) is 3.56. The van der Waals surface area contributed by atoms with Crippen LogP contribution in [0.4, 0.5) is 9.59 Å². The van der Waals surface area contributed by atoms with Crippen LogP contribution in [0.25, 0.3) is 0 Å². The highest BCUT2D eigenvalue weighted by molar-refractivity contribution is 6.29. The summed E-state index contributed by atoms with van der Waals surface area (Å²) >= 11 is 6.00. The third kappa shape index (κ3) is 5.04. The first-order valence-corrected chi connectivity index (χ1v) is 11.0. The molecule has 0 N–H and O–H groups in total. The average Bonchev–Trinajstić information content (AvgIpc) is 3.62. The Balaban J connectivity index is 1.47. The molecule has 4 rings (SSSR count). The van der Waals surface area contributed by atoms with E-state index < -0.39 is 6.09 Å². The number of hydrogen-bond donors (Lipinski definition) is 0. The van der Waals surface area contributed by atoms with E-state index in [2.05, 4.69) is 10.2 Å². The molecule has 1 aliphatic carbocycles. The molecule has 1 aromatic heterocycles. The summed E-state index contributed by atoms with van der Waals surface area (Å²) in [5.74, 6) is 1.33. The SMILES string of the molecule is CCOC(=O)N1CCN(C(=O)Oc2cc(Cl)nnc2Oc2c(C)cccc2C2CC2)CC1. The minimum atomic E-state index is -0.574. The molecule has 1 saturated carbocycles. The van der Waals surface area contributed by atoms with Crippen molar-refractivity contribution >= 4 is 23.8 Å². The van der Waals surface area contributed by atoms with Crippen LogP contribution >= 0.6 is 11.6 Å². The fourth-order valence-corrected chi connectivity index (χ4v) is 3.69. The standard InChI is InChI=1S/C22H25ClN4O5/c1-3-30-21(28)26-9-11-27(12-10-26)22(29)31-17-13-18(23)24-25-20(17)32-19-14(2)5-4-6-16(19)15-7-8-15/h4-6,13,15H,3,7-12H2,1-2H3. The van der Waals surface area contributed by atoms with E-state index >= 15 is 0 Å². The van der Waals surface area contributed by atoms with Crippen molar-refractivity contribution in [2.45, 2.75) is 32.6 Å². The Kier molecular flexibility index (Phi) is 6.64. The number of nitrogens with zero attached hydrogens (tertiary/aromatic N) is 4. The molecule has 1 aromatic carbocycles. The van der Waals surface area contributed by atoms with Gasteiger partial charge < -0.3 is 24.0 Å². The molecule has 0 unspecified atom stereocenters. The normalized spacial score (nSPS) is 16.0. The quantitative estimate of drug-likeness (QED) is 0.653. The average molecular weight is 461 g/mol. The molecule has 0 bridgehead atoms. The monoisotopic (exact) mass is 460 g/mol. The second-order valence-electron chi connectivity index (χ2n) is 7.75. The first-order chi connectivity index (χ1) is 15.5. The van der Waals surface area contributed by atoms with E-state index in [4.69, 9.17) is 25.8 Å². The maximum atomic E-state index is 12.8. The van der Waals surface area contributed by atoms with Gasteiger partial charge in [0.05, 0.1) is 6.61 Å². The van der Waals surface area contributed by atoms with Crippen LogP contribution in [0.2, 0.25) is 5.15 Å². The van der Waals surface area contributed by atoms with Crippen LogP contribution in [0.15, 0.2) is 24.3 Å². The van der Waals surface area contributed by atoms with Gasteiger partial charge in [-0.15, -0.1) is 10.2 Å². The van der Waals surface area contributed by atoms with E-state index in [1.165, 1.54) is 11.0 Å². The Morgan fingerprint density at radius 2 is 1.78 bits per heavy atom. The molecule has 0 radical (unpaired) electrons. The molecule has 2 heterocycles. The van der Waals surface area contributed by atoms with Crippen molar-refractivity contribution in [3.8, 4) is 17.4 Å². The summed E-state index contributed by atoms with van der Waals surface area (Å²) in [6, 6.07) is 7.41. The zero-order valence-electron chi connectivity index (χ0n) is 18.0. The maximum Gasteiger partial charge on any atom is 0.415 e. The summed E-state index contributed by atoms with van der Waals surface area (Å²) in [5, 5.41) is 7.95. The van der Waals surface area contributed by atoms with Crippen molar-refractivity contribution in [3.63, 3.8) is 0 Å². The third-order valence-electron chi connectivity index (χ3n) is 5.42. The number of aromatic nitrogens is 2. The molecule has 0 spiro atoms. The fraction of sp³-hybridized carbons (Fsp3) is 0.455. The number of carbonyl (C=O) groups excluding carboxylic acids is 2. The molecule has 2 fully saturated rings. The highest BCUT2D eigenvalue weighted by Crippen LogP contribution is 2.46. The Labute approximate surface area is 191 Å². The number of piperazine rings is 1. The van der Waals surface area contributed by atoms with E-state index in [1.54, 1.807) is 11.8 Å². The second kappa shape index (κ2) is 9.60. The summed E-state index contributed by atoms with van der Waals surface area (Å²) in [6.45, 7) is 5.39. The molecule has 1 aliphatic heterocycles. The topological polar surface area (TPSA) is 94.1 Å². The second-order valence-corrected chi connectivity index (χ2v) is 8.13. The van der Waals surface area contributed by atoms with Crippen LogP contribution in [0.1, 0.15) is 36.8 Å². The van der Waals surface area contributed by atoms with Crippen LogP contribution in [0.3, 0.4) is 0 Å². The first-order valence-electron chi connectivity index (χ1n) is 10.6. The van der Waals surface area contributed by atoms with E-state index in [-0.39, 0.29) is 22.9 Å². The van der Waals surface area contributed by atoms with Crippen LogP contribution < -0.4 is 9.47 Å². The number of hydrogen-bond acceptors (Lipinski definition) is 7. The summed E-state index contributed by atoms with van der Waals surface area (Å²) in [4.78, 5) is 27.7. The molecule has 2 aromatic rings. The smallest absolute Gasteiger partial charge is 0.415 e. The Morgan fingerprint density at radius 3 is 2.44 bits per heavy atom. The van der Waals surface area contributed by atoms with Gasteiger partial charge in [-0.2, -0.15) is 0 Å². The summed E-state index contributed by atoms with van der Waals surface area (Å²) in [6.07, 6.45) is 1.28. The zero-order valence-corrected chi connectivity index (χ0v) is 18.8. The van der Waals surface area contributed by atoms with E-state index in [1.807, 2.05) is 25.1 Å². The van der Waals surface area contributed by atoms with Gasteiger partial charge in [-0.05, 0) is 43.7 Å². The summed E-state index contributed by atoms with van der Waals surface area (Å²) in [5.41, 5.74) is 2.06. The number of amides is 2. The summed E-state index contributed by atoms with van der Waals surface area (Å²) < 4.78 is 16.7. The number of rotatable bonds is 5. The van der Waals surface area contributed by atoms with Gasteiger partial charge in [0.2, 0.25) is 0 Å². The predicted molar refractivity (Wildman–Crippen MR) is 116 cm³/mol. The predicted octanol–water partition coefficient (Wildman–Crippen LogP) is 4.38. The lowest BCUT2D eigenvalue weighted by molar-refractivity contribution is 0.0772. The molecule has 0 atom stereocenters. The highest BCUT2D eigenvalue weighted by atomic mass is 35.5. The van der Waals surface area contributed by atoms with Gasteiger partial charge in [0, 0.05) is 32.2 Å². The van der Waals surface area contributed by atoms with Crippen molar-refractivity contribution in [2.24, 2.45) is 0 Å². The minimum Gasteiger partial charge on any atom is -0.450 e. The van der Waals surface area contributed by atoms with Gasteiger partial charge in [0.1, 0.15) is 5.75 Å². The largest absolute Gasteiger partial charge is 0.450 e. The van der Waals surface area contributed by atoms with Gasteiger partial charge in [-0.3, -0.25) is 0 Å². The lowest BCUT2D eigenvalue weighted by Gasteiger charge is -2.33. The van der Waals surface area contributed by atoms with Crippen molar-refractivity contribution < 1.29 is 23.8 Å². The minimum absolute atomic E-state index is 0.0732. The number of halogens is 1. The van der Waals surface area contributed by atoms with Gasteiger partial charge in [0.15, 0.2) is 10.9 Å². The molecule has 9 nitrogen and oxygen atoms in total. The lowest BCUT2D eigenvalue weighted by atomic mass is 10.1. The van der Waals surface area contributed by atoms with Crippen molar-refractivity contribution in [3.05, 3.63) is 40.5 Å². The molecule has 170 valence electrons. The van der Waals surface area contributed by atoms with Crippen molar-refractivity contribution in [2.75, 3.05) is 32.8 Å². The molecular weight excluding hydrogens is 436 g/mol. The Morgan fingerprint density at radius 1 is 1.09 bits per heavy atom. The molecule has 32 heavy (non-hydrogen) atoms. The van der Waals surface area contributed by atoms with Gasteiger partial charge in [0.25, 0.3) is 5.88 Å². The number of para-hydroxylation sites is 1. The van der Waals surface area contributed by atoms with Crippen LogP contribution in [0, 0.1) is 6.92 Å². The first kappa shape index (κ1) is 22.1. The summed E-state index contributed by atoms with van der Waals surface area (Å²) in [7, 11) is 0. The van der Waals surface area contributed by atoms with Crippen LogP contribution in [-0.2, 0) is 4.74 Å².